The molecule has 1 aromatic rings. The van der Waals surface area contributed by atoms with Gasteiger partial charge in [0.25, 0.3) is 0 Å². The van der Waals surface area contributed by atoms with Crippen LogP contribution < -0.4 is 5.32 Å². The molecular weight excluding hydrogens is 242 g/mol. The molecule has 2 rings (SSSR count). The molecule has 1 N–H and O–H groups in total. The minimum Gasteiger partial charge on any atom is -0.343 e. The second-order valence-electron chi connectivity index (χ2n) is 4.89. The number of carbonyl (C=O) groups excluding carboxylic acids is 2. The van der Waals surface area contributed by atoms with Gasteiger partial charge >= 0.3 is 0 Å². The highest BCUT2D eigenvalue weighted by molar-refractivity contribution is 5.96. The topological polar surface area (TPSA) is 62.3 Å². The van der Waals surface area contributed by atoms with Crippen molar-refractivity contribution in [3.05, 3.63) is 29.6 Å². The third-order valence-electron chi connectivity index (χ3n) is 3.36. The van der Waals surface area contributed by atoms with Gasteiger partial charge in [-0.2, -0.15) is 0 Å². The van der Waals surface area contributed by atoms with E-state index in [4.69, 9.17) is 0 Å². The van der Waals surface area contributed by atoms with Crippen LogP contribution in [0.1, 0.15) is 31.7 Å². The van der Waals surface area contributed by atoms with Crippen LogP contribution in [0.3, 0.4) is 0 Å². The molecule has 0 aromatic carbocycles. The zero-order chi connectivity index (χ0) is 14.0. The van der Waals surface area contributed by atoms with Gasteiger partial charge in [0.1, 0.15) is 12.1 Å². The summed E-state index contributed by atoms with van der Waals surface area (Å²) in [6, 6.07) is 4.85. The number of hydrogen-bond acceptors (Lipinski definition) is 3. The van der Waals surface area contributed by atoms with Crippen molar-refractivity contribution in [2.75, 3.05) is 0 Å². The molecule has 0 saturated carbocycles. The van der Waals surface area contributed by atoms with E-state index in [0.717, 1.165) is 11.4 Å². The van der Waals surface area contributed by atoms with Crippen LogP contribution in [0.2, 0.25) is 0 Å². The lowest BCUT2D eigenvalue weighted by molar-refractivity contribution is -0.149. The van der Waals surface area contributed by atoms with E-state index in [1.54, 1.807) is 11.8 Å². The Hall–Kier alpha value is -1.91. The van der Waals surface area contributed by atoms with E-state index < -0.39 is 12.1 Å². The first-order valence-corrected chi connectivity index (χ1v) is 6.56. The average Bonchev–Trinajstić information content (AvgIpc) is 2.36. The van der Waals surface area contributed by atoms with Gasteiger partial charge in [-0.25, -0.2) is 0 Å². The molecule has 1 fully saturated rings. The molecule has 1 aromatic heterocycles. The highest BCUT2D eigenvalue weighted by Crippen LogP contribution is 2.16. The van der Waals surface area contributed by atoms with Gasteiger partial charge < -0.3 is 10.2 Å². The maximum atomic E-state index is 12.2. The first-order chi connectivity index (χ1) is 9.02. The lowest BCUT2D eigenvalue weighted by Gasteiger charge is -2.37. The number of nitrogens with zero attached hydrogens (tertiary/aromatic N) is 2. The molecular formula is C14H19N3O2. The quantitative estimate of drug-likeness (QED) is 0.883. The van der Waals surface area contributed by atoms with Gasteiger partial charge in [-0.1, -0.05) is 13.0 Å². The molecule has 19 heavy (non-hydrogen) atoms. The van der Waals surface area contributed by atoms with Crippen LogP contribution in [0.25, 0.3) is 0 Å². The van der Waals surface area contributed by atoms with Crippen LogP contribution in [0, 0.1) is 6.92 Å². The Morgan fingerprint density at radius 1 is 1.37 bits per heavy atom. The maximum absolute atomic E-state index is 12.2. The Labute approximate surface area is 113 Å². The fourth-order valence-corrected chi connectivity index (χ4v) is 2.37. The Kier molecular flexibility index (Phi) is 3.83. The molecule has 1 aliphatic heterocycles. The minimum atomic E-state index is -0.458. The summed E-state index contributed by atoms with van der Waals surface area (Å²) in [5.74, 6) is -0.128. The van der Waals surface area contributed by atoms with E-state index in [9.17, 15) is 9.59 Å². The van der Waals surface area contributed by atoms with Gasteiger partial charge in [0.15, 0.2) is 0 Å². The van der Waals surface area contributed by atoms with Crippen molar-refractivity contribution in [3.8, 4) is 0 Å². The summed E-state index contributed by atoms with van der Waals surface area (Å²) in [6.07, 6.45) is 0.607. The maximum Gasteiger partial charge on any atom is 0.245 e. The van der Waals surface area contributed by atoms with E-state index in [2.05, 4.69) is 10.3 Å². The highest BCUT2D eigenvalue weighted by Gasteiger charge is 2.37. The summed E-state index contributed by atoms with van der Waals surface area (Å²) in [6.45, 7) is 5.91. The van der Waals surface area contributed by atoms with E-state index in [1.165, 1.54) is 0 Å². The van der Waals surface area contributed by atoms with E-state index in [0.29, 0.717) is 13.0 Å². The summed E-state index contributed by atoms with van der Waals surface area (Å²) in [5, 5.41) is 2.71. The van der Waals surface area contributed by atoms with Crippen molar-refractivity contribution in [1.82, 2.24) is 15.2 Å². The molecule has 2 unspecified atom stereocenters. The van der Waals surface area contributed by atoms with E-state index in [1.807, 2.05) is 32.0 Å². The molecule has 0 radical (unpaired) electrons. The van der Waals surface area contributed by atoms with Crippen LogP contribution >= 0.6 is 0 Å². The van der Waals surface area contributed by atoms with E-state index >= 15 is 0 Å². The largest absolute Gasteiger partial charge is 0.343 e. The van der Waals surface area contributed by atoms with Crippen molar-refractivity contribution < 1.29 is 9.59 Å². The molecule has 0 bridgehead atoms. The predicted octanol–water partition coefficient (Wildman–Crippen LogP) is 1.02. The number of amides is 2. The Morgan fingerprint density at radius 3 is 2.74 bits per heavy atom. The molecule has 5 nitrogen and oxygen atoms in total. The lowest BCUT2D eigenvalue weighted by Crippen LogP contribution is -2.61. The number of rotatable bonds is 3. The fourth-order valence-electron chi connectivity index (χ4n) is 2.37. The summed E-state index contributed by atoms with van der Waals surface area (Å²) in [4.78, 5) is 30.2. The molecule has 2 heterocycles. The van der Waals surface area contributed by atoms with Gasteiger partial charge in [0.05, 0.1) is 12.2 Å². The van der Waals surface area contributed by atoms with Crippen molar-refractivity contribution >= 4 is 11.8 Å². The fraction of sp³-hybridized carbons (Fsp3) is 0.500. The molecule has 2 atom stereocenters. The first-order valence-electron chi connectivity index (χ1n) is 6.56. The Balaban J connectivity index is 2.24. The normalized spacial score (nSPS) is 23.4. The monoisotopic (exact) mass is 261 g/mol. The summed E-state index contributed by atoms with van der Waals surface area (Å²) < 4.78 is 0. The van der Waals surface area contributed by atoms with Gasteiger partial charge in [0, 0.05) is 5.69 Å². The highest BCUT2D eigenvalue weighted by atomic mass is 16.2. The smallest absolute Gasteiger partial charge is 0.245 e. The molecule has 1 aliphatic rings. The lowest BCUT2D eigenvalue weighted by atomic mass is 10.1. The third-order valence-corrected chi connectivity index (χ3v) is 3.36. The van der Waals surface area contributed by atoms with Gasteiger partial charge in [-0.3, -0.25) is 14.6 Å². The number of piperazine rings is 1. The molecule has 0 spiro atoms. The molecule has 0 aliphatic carbocycles. The number of hydrogen-bond donors (Lipinski definition) is 1. The van der Waals surface area contributed by atoms with Gasteiger partial charge in [-0.15, -0.1) is 0 Å². The predicted molar refractivity (Wildman–Crippen MR) is 71.2 cm³/mol. The van der Waals surface area contributed by atoms with Gasteiger partial charge in [-0.05, 0) is 32.4 Å². The number of pyridine rings is 1. The number of nitrogens with one attached hydrogen (secondary N) is 1. The van der Waals surface area contributed by atoms with Crippen molar-refractivity contribution in [2.24, 2.45) is 0 Å². The SMILES string of the molecule is CCC1C(=O)NC(C)C(=O)N1Cc1cccc(C)n1. The molecule has 5 heteroatoms. The number of carbonyl (C=O) groups is 2. The molecule has 1 saturated heterocycles. The van der Waals surface area contributed by atoms with Crippen molar-refractivity contribution in [2.45, 2.75) is 45.8 Å². The summed E-state index contributed by atoms with van der Waals surface area (Å²) in [7, 11) is 0. The molecule has 2 amide bonds. The zero-order valence-electron chi connectivity index (χ0n) is 11.5. The van der Waals surface area contributed by atoms with Gasteiger partial charge in [0.2, 0.25) is 11.8 Å². The number of aromatic nitrogens is 1. The second-order valence-corrected chi connectivity index (χ2v) is 4.89. The van der Waals surface area contributed by atoms with Crippen LogP contribution in [-0.4, -0.2) is 33.8 Å². The first kappa shape index (κ1) is 13.5. The summed E-state index contributed by atoms with van der Waals surface area (Å²) in [5.41, 5.74) is 1.72. The third kappa shape index (κ3) is 2.75. The van der Waals surface area contributed by atoms with E-state index in [-0.39, 0.29) is 11.8 Å². The van der Waals surface area contributed by atoms with Crippen LogP contribution in [0.4, 0.5) is 0 Å². The van der Waals surface area contributed by atoms with Crippen LogP contribution in [0.15, 0.2) is 18.2 Å². The zero-order valence-corrected chi connectivity index (χ0v) is 11.5. The minimum absolute atomic E-state index is 0.0465. The molecule has 102 valence electrons. The number of aryl methyl sites for hydroxylation is 1. The van der Waals surface area contributed by atoms with Crippen molar-refractivity contribution in [1.29, 1.82) is 0 Å². The average molecular weight is 261 g/mol. The summed E-state index contributed by atoms with van der Waals surface area (Å²) >= 11 is 0. The van der Waals surface area contributed by atoms with Crippen LogP contribution in [0.5, 0.6) is 0 Å². The standard InChI is InChI=1S/C14H19N3O2/c1-4-12-13(18)16-10(3)14(19)17(12)8-11-7-5-6-9(2)15-11/h5-7,10,12H,4,8H2,1-3H3,(H,16,18). The Morgan fingerprint density at radius 2 is 2.11 bits per heavy atom. The van der Waals surface area contributed by atoms with Crippen LogP contribution in [-0.2, 0) is 16.1 Å². The second kappa shape index (κ2) is 5.38. The Bertz CT molecular complexity index is 501. The van der Waals surface area contributed by atoms with Crippen molar-refractivity contribution in [3.63, 3.8) is 0 Å².